The SMILES string of the molecule is Cc1cc(Cl)ccc1CNC(C)c1ccc(Cl)c(Cl)c1. The van der Waals surface area contributed by atoms with Crippen LogP contribution >= 0.6 is 34.8 Å². The second-order valence-corrected chi connectivity index (χ2v) is 6.10. The van der Waals surface area contributed by atoms with Gasteiger partial charge in [0.2, 0.25) is 0 Å². The zero-order chi connectivity index (χ0) is 14.7. The molecule has 0 aliphatic heterocycles. The molecule has 0 fully saturated rings. The molecule has 2 aromatic rings. The Morgan fingerprint density at radius 1 is 1.00 bits per heavy atom. The van der Waals surface area contributed by atoms with Gasteiger partial charge in [-0.2, -0.15) is 0 Å². The molecule has 0 aliphatic rings. The Hall–Kier alpha value is -0.730. The molecule has 1 unspecified atom stereocenters. The predicted octanol–water partition coefficient (Wildman–Crippen LogP) is 5.81. The van der Waals surface area contributed by atoms with Crippen molar-refractivity contribution in [1.82, 2.24) is 5.32 Å². The summed E-state index contributed by atoms with van der Waals surface area (Å²) < 4.78 is 0. The molecule has 2 aromatic carbocycles. The van der Waals surface area contributed by atoms with E-state index in [1.165, 1.54) is 11.1 Å². The van der Waals surface area contributed by atoms with Crippen molar-refractivity contribution in [3.8, 4) is 0 Å². The molecule has 20 heavy (non-hydrogen) atoms. The van der Waals surface area contributed by atoms with Crippen LogP contribution in [0.25, 0.3) is 0 Å². The maximum atomic E-state index is 6.04. The van der Waals surface area contributed by atoms with Crippen LogP contribution < -0.4 is 5.32 Å². The van der Waals surface area contributed by atoms with Gasteiger partial charge in [0.1, 0.15) is 0 Å². The summed E-state index contributed by atoms with van der Waals surface area (Å²) in [7, 11) is 0. The minimum Gasteiger partial charge on any atom is -0.306 e. The maximum Gasteiger partial charge on any atom is 0.0595 e. The third kappa shape index (κ3) is 3.89. The lowest BCUT2D eigenvalue weighted by molar-refractivity contribution is 0.573. The highest BCUT2D eigenvalue weighted by molar-refractivity contribution is 6.42. The third-order valence-electron chi connectivity index (χ3n) is 3.35. The summed E-state index contributed by atoms with van der Waals surface area (Å²) in [6.07, 6.45) is 0. The lowest BCUT2D eigenvalue weighted by Crippen LogP contribution is -2.18. The van der Waals surface area contributed by atoms with E-state index in [4.69, 9.17) is 34.8 Å². The average Bonchev–Trinajstić information content (AvgIpc) is 2.40. The first-order chi connectivity index (χ1) is 9.47. The summed E-state index contributed by atoms with van der Waals surface area (Å²) in [5, 5.41) is 5.41. The molecule has 4 heteroatoms. The normalized spacial score (nSPS) is 12.4. The van der Waals surface area contributed by atoms with E-state index in [1.54, 1.807) is 0 Å². The molecule has 0 saturated carbocycles. The van der Waals surface area contributed by atoms with Crippen LogP contribution in [0, 0.1) is 6.92 Å². The van der Waals surface area contributed by atoms with Gasteiger partial charge in [0, 0.05) is 17.6 Å². The van der Waals surface area contributed by atoms with Crippen molar-refractivity contribution in [2.75, 3.05) is 0 Å². The Kier molecular flexibility index (Phi) is 5.34. The highest BCUT2D eigenvalue weighted by atomic mass is 35.5. The summed E-state index contributed by atoms with van der Waals surface area (Å²) in [6.45, 7) is 4.95. The van der Waals surface area contributed by atoms with E-state index in [-0.39, 0.29) is 6.04 Å². The van der Waals surface area contributed by atoms with Gasteiger partial charge in [-0.25, -0.2) is 0 Å². The highest BCUT2D eigenvalue weighted by Gasteiger charge is 2.08. The van der Waals surface area contributed by atoms with Crippen LogP contribution in [0.3, 0.4) is 0 Å². The fourth-order valence-corrected chi connectivity index (χ4v) is 2.55. The summed E-state index contributed by atoms with van der Waals surface area (Å²) in [5.74, 6) is 0. The first-order valence-corrected chi connectivity index (χ1v) is 7.54. The van der Waals surface area contributed by atoms with Crippen molar-refractivity contribution in [2.45, 2.75) is 26.4 Å². The Labute approximate surface area is 134 Å². The van der Waals surface area contributed by atoms with E-state index >= 15 is 0 Å². The van der Waals surface area contributed by atoms with E-state index < -0.39 is 0 Å². The first-order valence-electron chi connectivity index (χ1n) is 6.40. The van der Waals surface area contributed by atoms with Gasteiger partial charge >= 0.3 is 0 Å². The molecule has 1 atom stereocenters. The number of nitrogens with one attached hydrogen (secondary N) is 1. The highest BCUT2D eigenvalue weighted by Crippen LogP contribution is 2.26. The quantitative estimate of drug-likeness (QED) is 0.747. The van der Waals surface area contributed by atoms with Crippen LogP contribution in [-0.4, -0.2) is 0 Å². The second-order valence-electron chi connectivity index (χ2n) is 4.85. The zero-order valence-electron chi connectivity index (χ0n) is 11.4. The predicted molar refractivity (Wildman–Crippen MR) is 87.9 cm³/mol. The molecule has 1 N–H and O–H groups in total. The summed E-state index contributed by atoms with van der Waals surface area (Å²) in [5.41, 5.74) is 3.54. The molecule has 0 bridgehead atoms. The van der Waals surface area contributed by atoms with E-state index in [0.717, 1.165) is 17.1 Å². The molecule has 0 heterocycles. The van der Waals surface area contributed by atoms with E-state index in [0.29, 0.717) is 10.0 Å². The van der Waals surface area contributed by atoms with Crippen molar-refractivity contribution >= 4 is 34.8 Å². The number of halogens is 3. The zero-order valence-corrected chi connectivity index (χ0v) is 13.7. The third-order valence-corrected chi connectivity index (χ3v) is 4.32. The lowest BCUT2D eigenvalue weighted by Gasteiger charge is -2.16. The molecule has 0 aromatic heterocycles. The molecule has 0 radical (unpaired) electrons. The van der Waals surface area contributed by atoms with Gasteiger partial charge in [-0.3, -0.25) is 0 Å². The molecule has 0 amide bonds. The van der Waals surface area contributed by atoms with Gasteiger partial charge in [-0.1, -0.05) is 46.9 Å². The fourth-order valence-electron chi connectivity index (χ4n) is 2.02. The Morgan fingerprint density at radius 2 is 1.75 bits per heavy atom. The average molecular weight is 329 g/mol. The van der Waals surface area contributed by atoms with Crippen LogP contribution in [0.4, 0.5) is 0 Å². The standard InChI is InChI=1S/C16H16Cl3N/c1-10-7-14(17)5-3-13(10)9-20-11(2)12-4-6-15(18)16(19)8-12/h3-8,11,20H,9H2,1-2H3. The van der Waals surface area contributed by atoms with Gasteiger partial charge in [0.25, 0.3) is 0 Å². The van der Waals surface area contributed by atoms with Crippen LogP contribution in [-0.2, 0) is 6.54 Å². The van der Waals surface area contributed by atoms with Gasteiger partial charge in [-0.15, -0.1) is 0 Å². The van der Waals surface area contributed by atoms with Crippen molar-refractivity contribution in [3.05, 3.63) is 68.2 Å². The molecule has 106 valence electrons. The van der Waals surface area contributed by atoms with Gasteiger partial charge in [0.05, 0.1) is 10.0 Å². The first kappa shape index (κ1) is 15.7. The fraction of sp³-hybridized carbons (Fsp3) is 0.250. The number of benzene rings is 2. The Balaban J connectivity index is 2.04. The lowest BCUT2D eigenvalue weighted by atomic mass is 10.1. The molecular weight excluding hydrogens is 313 g/mol. The van der Waals surface area contributed by atoms with Crippen molar-refractivity contribution in [3.63, 3.8) is 0 Å². The topological polar surface area (TPSA) is 12.0 Å². The van der Waals surface area contributed by atoms with Gasteiger partial charge in [0.15, 0.2) is 0 Å². The van der Waals surface area contributed by atoms with Crippen molar-refractivity contribution in [1.29, 1.82) is 0 Å². The maximum absolute atomic E-state index is 6.04. The van der Waals surface area contributed by atoms with Crippen LogP contribution in [0.15, 0.2) is 36.4 Å². The largest absolute Gasteiger partial charge is 0.306 e. The molecular formula is C16H16Cl3N. The van der Waals surface area contributed by atoms with Gasteiger partial charge in [-0.05, 0) is 54.8 Å². The summed E-state index contributed by atoms with van der Waals surface area (Å²) >= 11 is 17.9. The number of hydrogen-bond donors (Lipinski definition) is 1. The van der Waals surface area contributed by atoms with Crippen molar-refractivity contribution < 1.29 is 0 Å². The van der Waals surface area contributed by atoms with Gasteiger partial charge < -0.3 is 5.32 Å². The number of rotatable bonds is 4. The Morgan fingerprint density at radius 3 is 2.40 bits per heavy atom. The van der Waals surface area contributed by atoms with E-state index in [9.17, 15) is 0 Å². The minimum atomic E-state index is 0.194. The molecule has 2 rings (SSSR count). The van der Waals surface area contributed by atoms with Crippen LogP contribution in [0.1, 0.15) is 29.7 Å². The molecule has 0 saturated heterocycles. The molecule has 1 nitrogen and oxygen atoms in total. The Bertz CT molecular complexity index is 611. The smallest absolute Gasteiger partial charge is 0.0595 e. The van der Waals surface area contributed by atoms with Crippen molar-refractivity contribution in [2.24, 2.45) is 0 Å². The second kappa shape index (κ2) is 6.82. The number of hydrogen-bond acceptors (Lipinski definition) is 1. The summed E-state index contributed by atoms with van der Waals surface area (Å²) in [6, 6.07) is 11.8. The molecule has 0 spiro atoms. The number of aryl methyl sites for hydroxylation is 1. The monoisotopic (exact) mass is 327 g/mol. The van der Waals surface area contributed by atoms with Crippen LogP contribution in [0.2, 0.25) is 15.1 Å². The van der Waals surface area contributed by atoms with E-state index in [1.807, 2.05) is 36.4 Å². The summed E-state index contributed by atoms with van der Waals surface area (Å²) in [4.78, 5) is 0. The van der Waals surface area contributed by atoms with Crippen LogP contribution in [0.5, 0.6) is 0 Å². The molecule has 0 aliphatic carbocycles. The minimum absolute atomic E-state index is 0.194. The van der Waals surface area contributed by atoms with E-state index in [2.05, 4.69) is 19.2 Å².